The zero-order valence-electron chi connectivity index (χ0n) is 16.8. The highest BCUT2D eigenvalue weighted by atomic mass is 35.5. The van der Waals surface area contributed by atoms with Gasteiger partial charge in [0.2, 0.25) is 0 Å². The zero-order chi connectivity index (χ0) is 20.6. The Balaban J connectivity index is 1.77. The van der Waals surface area contributed by atoms with Gasteiger partial charge in [0.05, 0.1) is 25.4 Å². The van der Waals surface area contributed by atoms with E-state index in [1.807, 2.05) is 30.3 Å². The van der Waals surface area contributed by atoms with Crippen molar-refractivity contribution < 1.29 is 19.0 Å². The number of morpholine rings is 1. The second-order valence-electron chi connectivity index (χ2n) is 7.04. The summed E-state index contributed by atoms with van der Waals surface area (Å²) >= 11 is 6.05. The molecule has 1 aliphatic rings. The Morgan fingerprint density at radius 3 is 2.79 bits per heavy atom. The first-order chi connectivity index (χ1) is 14.1. The van der Waals surface area contributed by atoms with E-state index in [9.17, 15) is 4.79 Å². The number of nitrogens with zero attached hydrogens (tertiary/aromatic N) is 1. The Hall–Kier alpha value is -2.12. The van der Waals surface area contributed by atoms with E-state index in [0.717, 1.165) is 18.7 Å². The number of benzene rings is 2. The molecule has 7 heteroatoms. The standard InChI is InChI=1S/C22H27ClN2O4/c1-25-10-11-29-20(15-25)21(16-6-8-18(23)9-7-16)24-22(26)17-4-3-5-19(14-17)28-13-12-27-2/h3-9,14,20-21H,10-13,15H2,1-2H3,(H,24,26)/t20-,21+/m1/s1. The third-order valence-electron chi connectivity index (χ3n) is 4.84. The van der Waals surface area contributed by atoms with Gasteiger partial charge in [0.1, 0.15) is 12.4 Å². The molecule has 1 amide bonds. The molecule has 156 valence electrons. The molecule has 1 heterocycles. The van der Waals surface area contributed by atoms with Crippen LogP contribution in [0.4, 0.5) is 0 Å². The topological polar surface area (TPSA) is 60.0 Å². The third-order valence-corrected chi connectivity index (χ3v) is 5.09. The van der Waals surface area contributed by atoms with Crippen LogP contribution in [0.2, 0.25) is 5.02 Å². The number of halogens is 1. The van der Waals surface area contributed by atoms with E-state index in [1.54, 1.807) is 25.3 Å². The van der Waals surface area contributed by atoms with Crippen molar-refractivity contribution in [2.24, 2.45) is 0 Å². The average molecular weight is 419 g/mol. The molecule has 0 radical (unpaired) electrons. The Kier molecular flexibility index (Phi) is 7.89. The summed E-state index contributed by atoms with van der Waals surface area (Å²) in [4.78, 5) is 15.2. The van der Waals surface area contributed by atoms with Crippen LogP contribution in [-0.4, -0.2) is 64.0 Å². The van der Waals surface area contributed by atoms with Crippen molar-refractivity contribution in [3.05, 3.63) is 64.7 Å². The van der Waals surface area contributed by atoms with E-state index in [0.29, 0.717) is 36.2 Å². The van der Waals surface area contributed by atoms with E-state index >= 15 is 0 Å². The molecule has 0 unspecified atom stereocenters. The molecule has 6 nitrogen and oxygen atoms in total. The summed E-state index contributed by atoms with van der Waals surface area (Å²) < 4.78 is 16.6. The van der Waals surface area contributed by atoms with Gasteiger partial charge in [-0.1, -0.05) is 29.8 Å². The number of ether oxygens (including phenoxy) is 3. The van der Waals surface area contributed by atoms with Crippen molar-refractivity contribution in [3.8, 4) is 5.75 Å². The van der Waals surface area contributed by atoms with Crippen LogP contribution in [-0.2, 0) is 9.47 Å². The number of carbonyl (C=O) groups is 1. The largest absolute Gasteiger partial charge is 0.491 e. The second kappa shape index (κ2) is 10.6. The predicted octanol–water partition coefficient (Wildman–Crippen LogP) is 3.17. The molecule has 0 aliphatic carbocycles. The number of amides is 1. The molecular formula is C22H27ClN2O4. The summed E-state index contributed by atoms with van der Waals surface area (Å²) in [5.41, 5.74) is 1.48. The van der Waals surface area contributed by atoms with Crippen LogP contribution in [0.1, 0.15) is 22.0 Å². The van der Waals surface area contributed by atoms with Crippen molar-refractivity contribution in [3.63, 3.8) is 0 Å². The van der Waals surface area contributed by atoms with Gasteiger partial charge in [-0.05, 0) is 42.9 Å². The van der Waals surface area contributed by atoms with Gasteiger partial charge in [0.15, 0.2) is 0 Å². The maximum atomic E-state index is 13.0. The highest BCUT2D eigenvalue weighted by molar-refractivity contribution is 6.30. The molecule has 1 fully saturated rings. The van der Waals surface area contributed by atoms with E-state index < -0.39 is 0 Å². The lowest BCUT2D eigenvalue weighted by atomic mass is 9.99. The normalized spacial score (nSPS) is 18.2. The highest BCUT2D eigenvalue weighted by Gasteiger charge is 2.29. The summed E-state index contributed by atoms with van der Waals surface area (Å²) in [6.07, 6.45) is -0.153. The maximum Gasteiger partial charge on any atom is 0.251 e. The van der Waals surface area contributed by atoms with Gasteiger partial charge in [-0.2, -0.15) is 0 Å². The van der Waals surface area contributed by atoms with Gasteiger partial charge < -0.3 is 24.4 Å². The first-order valence-electron chi connectivity index (χ1n) is 9.65. The van der Waals surface area contributed by atoms with E-state index in [1.165, 1.54) is 0 Å². The number of hydrogen-bond acceptors (Lipinski definition) is 5. The maximum absolute atomic E-state index is 13.0. The molecule has 0 spiro atoms. The fraction of sp³-hybridized carbons (Fsp3) is 0.409. The first-order valence-corrected chi connectivity index (χ1v) is 10.0. The van der Waals surface area contributed by atoms with Crippen LogP contribution in [0.5, 0.6) is 5.75 Å². The quantitative estimate of drug-likeness (QED) is 0.667. The fourth-order valence-corrected chi connectivity index (χ4v) is 3.39. The Morgan fingerprint density at radius 2 is 2.07 bits per heavy atom. The van der Waals surface area contributed by atoms with E-state index in [-0.39, 0.29) is 18.1 Å². The molecule has 2 aromatic rings. The molecular weight excluding hydrogens is 392 g/mol. The lowest BCUT2D eigenvalue weighted by Crippen LogP contribution is -2.48. The molecule has 0 saturated carbocycles. The minimum absolute atomic E-state index is 0.153. The molecule has 29 heavy (non-hydrogen) atoms. The zero-order valence-corrected chi connectivity index (χ0v) is 17.5. The molecule has 0 aromatic heterocycles. The van der Waals surface area contributed by atoms with Crippen LogP contribution in [0.25, 0.3) is 0 Å². The average Bonchev–Trinajstić information content (AvgIpc) is 2.73. The van der Waals surface area contributed by atoms with Crippen molar-refractivity contribution in [2.45, 2.75) is 12.1 Å². The number of nitrogens with one attached hydrogen (secondary N) is 1. The van der Waals surface area contributed by atoms with Gasteiger partial charge in [0, 0.05) is 30.8 Å². The van der Waals surface area contributed by atoms with Crippen molar-refractivity contribution in [1.82, 2.24) is 10.2 Å². The number of rotatable bonds is 8. The molecule has 2 aromatic carbocycles. The molecule has 1 N–H and O–H groups in total. The van der Waals surface area contributed by atoms with Crippen LogP contribution < -0.4 is 10.1 Å². The molecule has 1 aliphatic heterocycles. The van der Waals surface area contributed by atoms with E-state index in [4.69, 9.17) is 25.8 Å². The Labute approximate surface area is 176 Å². The summed E-state index contributed by atoms with van der Waals surface area (Å²) in [7, 11) is 3.67. The predicted molar refractivity (Wildman–Crippen MR) is 113 cm³/mol. The van der Waals surface area contributed by atoms with Crippen LogP contribution in [0, 0.1) is 0 Å². The van der Waals surface area contributed by atoms with E-state index in [2.05, 4.69) is 17.3 Å². The Bertz CT molecular complexity index is 800. The summed E-state index contributed by atoms with van der Waals surface area (Å²) in [6, 6.07) is 14.3. The first kappa shape index (κ1) is 21.6. The molecule has 1 saturated heterocycles. The minimum atomic E-state index is -0.291. The van der Waals surface area contributed by atoms with Gasteiger partial charge in [0.25, 0.3) is 5.91 Å². The van der Waals surface area contributed by atoms with Gasteiger partial charge in [-0.15, -0.1) is 0 Å². The third kappa shape index (κ3) is 6.18. The molecule has 0 bridgehead atoms. The van der Waals surface area contributed by atoms with Crippen molar-refractivity contribution >= 4 is 17.5 Å². The number of likely N-dealkylation sites (N-methyl/N-ethyl adjacent to an activating group) is 1. The highest BCUT2D eigenvalue weighted by Crippen LogP contribution is 2.25. The van der Waals surface area contributed by atoms with Crippen LogP contribution >= 0.6 is 11.6 Å². The minimum Gasteiger partial charge on any atom is -0.491 e. The summed E-state index contributed by atoms with van der Waals surface area (Å²) in [5, 5.41) is 3.79. The number of hydrogen-bond donors (Lipinski definition) is 1. The fourth-order valence-electron chi connectivity index (χ4n) is 3.27. The monoisotopic (exact) mass is 418 g/mol. The number of carbonyl (C=O) groups excluding carboxylic acids is 1. The Morgan fingerprint density at radius 1 is 1.28 bits per heavy atom. The van der Waals surface area contributed by atoms with Crippen molar-refractivity contribution in [1.29, 1.82) is 0 Å². The molecule has 3 rings (SSSR count). The van der Waals surface area contributed by atoms with Crippen molar-refractivity contribution in [2.75, 3.05) is 47.1 Å². The van der Waals surface area contributed by atoms with Gasteiger partial charge in [-0.3, -0.25) is 4.79 Å². The SMILES string of the molecule is COCCOc1cccc(C(=O)N[C@@H](c2ccc(Cl)cc2)[C@H]2CN(C)CCO2)c1. The number of methoxy groups -OCH3 is 1. The van der Waals surface area contributed by atoms with Crippen LogP contribution in [0.3, 0.4) is 0 Å². The molecule has 2 atom stereocenters. The van der Waals surface area contributed by atoms with Crippen LogP contribution in [0.15, 0.2) is 48.5 Å². The smallest absolute Gasteiger partial charge is 0.251 e. The second-order valence-corrected chi connectivity index (χ2v) is 7.48. The van der Waals surface area contributed by atoms with Gasteiger partial charge >= 0.3 is 0 Å². The van der Waals surface area contributed by atoms with Gasteiger partial charge in [-0.25, -0.2) is 0 Å². The summed E-state index contributed by atoms with van der Waals surface area (Å²) in [6.45, 7) is 3.15. The lowest BCUT2D eigenvalue weighted by Gasteiger charge is -2.35. The summed E-state index contributed by atoms with van der Waals surface area (Å²) in [5.74, 6) is 0.449. The lowest BCUT2D eigenvalue weighted by molar-refractivity contribution is -0.0380.